The fraction of sp³-hybridized carbons (Fsp3) is 1.00. The van der Waals surface area contributed by atoms with Crippen molar-refractivity contribution in [1.29, 1.82) is 0 Å². The molecule has 0 aromatic carbocycles. The number of hydrogen-bond donors (Lipinski definition) is 0. The summed E-state index contributed by atoms with van der Waals surface area (Å²) < 4.78 is 73.5. The van der Waals surface area contributed by atoms with Crippen molar-refractivity contribution in [3.8, 4) is 0 Å². The van der Waals surface area contributed by atoms with E-state index in [-0.39, 0.29) is 34.4 Å². The van der Waals surface area contributed by atoms with Crippen molar-refractivity contribution < 1.29 is 26.3 Å². The lowest BCUT2D eigenvalue weighted by atomic mass is 10.3. The van der Waals surface area contributed by atoms with Gasteiger partial charge in [0.2, 0.25) is 0 Å². The van der Waals surface area contributed by atoms with Gasteiger partial charge in [0.15, 0.2) is 0 Å². The van der Waals surface area contributed by atoms with Crippen LogP contribution in [-0.2, 0) is 0 Å². The van der Waals surface area contributed by atoms with E-state index in [1.54, 1.807) is 0 Å². The molecule has 0 aromatic rings. The standard InChI is InChI=1S/C8H12F6S2/c1-3-5(7(9,10)11)15-16-6(4-2)8(12,13)14/h5-6H,3-4H2,1-2H3. The number of halogens is 6. The van der Waals surface area contributed by atoms with E-state index in [0.717, 1.165) is 0 Å². The third-order valence-corrected chi connectivity index (χ3v) is 5.26. The van der Waals surface area contributed by atoms with Crippen molar-refractivity contribution >= 4 is 21.6 Å². The lowest BCUT2D eigenvalue weighted by Gasteiger charge is -2.22. The van der Waals surface area contributed by atoms with Gasteiger partial charge in [-0.15, -0.1) is 0 Å². The molecule has 98 valence electrons. The maximum absolute atomic E-state index is 12.3. The molecule has 0 saturated carbocycles. The van der Waals surface area contributed by atoms with Gasteiger partial charge in [0.05, 0.1) is 0 Å². The predicted octanol–water partition coefficient (Wildman–Crippen LogP) is 5.05. The molecule has 0 saturated heterocycles. The van der Waals surface area contributed by atoms with Crippen molar-refractivity contribution in [2.24, 2.45) is 0 Å². The first-order chi connectivity index (χ1) is 7.12. The highest BCUT2D eigenvalue weighted by atomic mass is 33.1. The van der Waals surface area contributed by atoms with Crippen LogP contribution in [0.25, 0.3) is 0 Å². The number of rotatable bonds is 5. The van der Waals surface area contributed by atoms with E-state index >= 15 is 0 Å². The topological polar surface area (TPSA) is 0 Å². The summed E-state index contributed by atoms with van der Waals surface area (Å²) in [6, 6.07) is 0. The van der Waals surface area contributed by atoms with E-state index < -0.39 is 22.9 Å². The van der Waals surface area contributed by atoms with Crippen LogP contribution in [0, 0.1) is 0 Å². The molecule has 0 amide bonds. The third kappa shape index (κ3) is 5.56. The Labute approximate surface area is 97.9 Å². The molecule has 2 atom stereocenters. The molecule has 0 aliphatic heterocycles. The molecule has 0 spiro atoms. The minimum Gasteiger partial charge on any atom is -0.170 e. The fourth-order valence-electron chi connectivity index (χ4n) is 0.842. The van der Waals surface area contributed by atoms with Crippen molar-refractivity contribution in [1.82, 2.24) is 0 Å². The molecule has 0 rings (SSSR count). The molecule has 0 aromatic heterocycles. The first-order valence-electron chi connectivity index (χ1n) is 4.58. The molecule has 0 heterocycles. The fourth-order valence-corrected chi connectivity index (χ4v) is 3.88. The van der Waals surface area contributed by atoms with Crippen LogP contribution in [-0.4, -0.2) is 22.9 Å². The van der Waals surface area contributed by atoms with Crippen LogP contribution in [0.3, 0.4) is 0 Å². The largest absolute Gasteiger partial charge is 0.401 e. The Hall–Kier alpha value is 0.280. The molecule has 0 nitrogen and oxygen atoms in total. The maximum atomic E-state index is 12.3. The smallest absolute Gasteiger partial charge is 0.170 e. The second-order valence-electron chi connectivity index (χ2n) is 3.07. The highest BCUT2D eigenvalue weighted by Crippen LogP contribution is 2.45. The molecule has 0 fully saturated rings. The quantitative estimate of drug-likeness (QED) is 0.512. The minimum atomic E-state index is -4.45. The first-order valence-corrected chi connectivity index (χ1v) is 6.86. The summed E-state index contributed by atoms with van der Waals surface area (Å²) in [5.41, 5.74) is 0. The van der Waals surface area contributed by atoms with Crippen molar-refractivity contribution in [3.05, 3.63) is 0 Å². The van der Waals surface area contributed by atoms with Crippen molar-refractivity contribution in [2.75, 3.05) is 0 Å². The van der Waals surface area contributed by atoms with Crippen LogP contribution in [0.15, 0.2) is 0 Å². The van der Waals surface area contributed by atoms with Gasteiger partial charge in [0.1, 0.15) is 10.5 Å². The summed E-state index contributed by atoms with van der Waals surface area (Å²) in [5.74, 6) is 0. The summed E-state index contributed by atoms with van der Waals surface area (Å²) in [4.78, 5) is 0. The molecule has 2 unspecified atom stereocenters. The van der Waals surface area contributed by atoms with Gasteiger partial charge in [-0.1, -0.05) is 35.4 Å². The monoisotopic (exact) mass is 286 g/mol. The zero-order valence-corrected chi connectivity index (χ0v) is 10.3. The molecule has 0 N–H and O–H groups in total. The lowest BCUT2D eigenvalue weighted by Crippen LogP contribution is -2.27. The molecule has 8 heteroatoms. The van der Waals surface area contributed by atoms with E-state index in [2.05, 4.69) is 0 Å². The third-order valence-electron chi connectivity index (χ3n) is 1.76. The molecule has 0 bridgehead atoms. The van der Waals surface area contributed by atoms with Crippen LogP contribution >= 0.6 is 21.6 Å². The maximum Gasteiger partial charge on any atom is 0.401 e. The van der Waals surface area contributed by atoms with Gasteiger partial charge < -0.3 is 0 Å². The Morgan fingerprint density at radius 1 is 0.750 bits per heavy atom. The zero-order valence-electron chi connectivity index (χ0n) is 8.65. The zero-order chi connectivity index (χ0) is 13.0. The van der Waals surface area contributed by atoms with Crippen LogP contribution in [0.5, 0.6) is 0 Å². The van der Waals surface area contributed by atoms with E-state index in [0.29, 0.717) is 0 Å². The molecule has 0 aliphatic rings. The second-order valence-corrected chi connectivity index (χ2v) is 5.75. The van der Waals surface area contributed by atoms with Crippen LogP contribution in [0.4, 0.5) is 26.3 Å². The van der Waals surface area contributed by atoms with Gasteiger partial charge in [0.25, 0.3) is 0 Å². The Morgan fingerprint density at radius 2 is 1.00 bits per heavy atom. The van der Waals surface area contributed by atoms with Gasteiger partial charge in [-0.2, -0.15) is 26.3 Å². The van der Waals surface area contributed by atoms with Crippen molar-refractivity contribution in [3.63, 3.8) is 0 Å². The van der Waals surface area contributed by atoms with Crippen LogP contribution in [0.2, 0.25) is 0 Å². The van der Waals surface area contributed by atoms with Crippen LogP contribution in [0.1, 0.15) is 26.7 Å². The summed E-state index contributed by atoms with van der Waals surface area (Å²) in [5, 5.41) is -3.48. The molecular weight excluding hydrogens is 274 g/mol. The number of alkyl halides is 6. The SMILES string of the molecule is CCC(SSC(CC)C(F)(F)F)C(F)(F)F. The Balaban J connectivity index is 4.30. The van der Waals surface area contributed by atoms with E-state index in [1.807, 2.05) is 0 Å². The summed E-state index contributed by atoms with van der Waals surface area (Å²) in [6.45, 7) is 2.61. The molecule has 0 aliphatic carbocycles. The molecule has 16 heavy (non-hydrogen) atoms. The Kier molecular flexibility index (Phi) is 6.39. The predicted molar refractivity (Wildman–Crippen MR) is 55.5 cm³/mol. The summed E-state index contributed by atoms with van der Waals surface area (Å²) in [7, 11) is 0.519. The van der Waals surface area contributed by atoms with Gasteiger partial charge >= 0.3 is 12.4 Å². The second kappa shape index (κ2) is 6.28. The summed E-state index contributed by atoms with van der Waals surface area (Å²) >= 11 is 0. The highest BCUT2D eigenvalue weighted by molar-refractivity contribution is 8.77. The van der Waals surface area contributed by atoms with Gasteiger partial charge in [-0.3, -0.25) is 0 Å². The van der Waals surface area contributed by atoms with Gasteiger partial charge in [0, 0.05) is 0 Å². The Morgan fingerprint density at radius 3 is 1.12 bits per heavy atom. The number of hydrogen-bond acceptors (Lipinski definition) is 2. The average Bonchev–Trinajstić information content (AvgIpc) is 2.08. The van der Waals surface area contributed by atoms with E-state index in [9.17, 15) is 26.3 Å². The van der Waals surface area contributed by atoms with Crippen molar-refractivity contribution in [2.45, 2.75) is 49.5 Å². The Bertz CT molecular complexity index is 178. The van der Waals surface area contributed by atoms with E-state index in [1.165, 1.54) is 13.8 Å². The van der Waals surface area contributed by atoms with Crippen LogP contribution < -0.4 is 0 Å². The molecule has 0 radical (unpaired) electrons. The van der Waals surface area contributed by atoms with Gasteiger partial charge in [-0.25, -0.2) is 0 Å². The normalized spacial score (nSPS) is 17.2. The van der Waals surface area contributed by atoms with E-state index in [4.69, 9.17) is 0 Å². The average molecular weight is 286 g/mol. The minimum absolute atomic E-state index is 0.227. The lowest BCUT2D eigenvalue weighted by molar-refractivity contribution is -0.130. The van der Waals surface area contributed by atoms with Gasteiger partial charge in [-0.05, 0) is 12.8 Å². The first kappa shape index (κ1) is 16.3. The highest BCUT2D eigenvalue weighted by Gasteiger charge is 2.43. The summed E-state index contributed by atoms with van der Waals surface area (Å²) in [6.07, 6.45) is -9.35. The molecular formula is C8H12F6S2.